The van der Waals surface area contributed by atoms with Crippen LogP contribution in [-0.2, 0) is 60.9 Å². The summed E-state index contributed by atoms with van der Waals surface area (Å²) in [6.07, 6.45) is -2.51. The lowest BCUT2D eigenvalue weighted by Gasteiger charge is -2.45. The summed E-state index contributed by atoms with van der Waals surface area (Å²) >= 11 is 0. The van der Waals surface area contributed by atoms with E-state index in [2.05, 4.69) is 0 Å². The van der Waals surface area contributed by atoms with Crippen molar-refractivity contribution in [2.24, 2.45) is 0 Å². The second kappa shape index (κ2) is 17.3. The summed E-state index contributed by atoms with van der Waals surface area (Å²) < 4.78 is 47.5. The Balaban J connectivity index is 1.34. The van der Waals surface area contributed by atoms with Crippen molar-refractivity contribution in [1.82, 2.24) is 0 Å². The van der Waals surface area contributed by atoms with Crippen LogP contribution < -0.4 is 0 Å². The number of rotatable bonds is 15. The van der Waals surface area contributed by atoms with Crippen molar-refractivity contribution in [3.05, 3.63) is 174 Å². The van der Waals surface area contributed by atoms with E-state index in [0.29, 0.717) is 31.3 Å². The van der Waals surface area contributed by atoms with Gasteiger partial charge in [0.25, 0.3) is 0 Å². The Morgan fingerprint density at radius 2 is 0.851 bits per heavy atom. The van der Waals surface area contributed by atoms with Gasteiger partial charge in [-0.05, 0) is 34.4 Å². The maximum atomic E-state index is 14.3. The topological polar surface area (TPSA) is 63.2 Å². The molecule has 0 saturated carbocycles. The summed E-state index contributed by atoms with van der Waals surface area (Å²) in [5.41, 5.74) is 3.24. The van der Waals surface area contributed by atoms with Crippen molar-refractivity contribution in [3.63, 3.8) is 0 Å². The molecular weight excluding hydrogens is 609 g/mol. The van der Waals surface area contributed by atoms with Crippen LogP contribution >= 0.6 is 0 Å². The van der Waals surface area contributed by atoms with Gasteiger partial charge >= 0.3 is 0 Å². The lowest BCUT2D eigenvalue weighted by Crippen LogP contribution is -2.62. The first-order valence-electron chi connectivity index (χ1n) is 15.9. The van der Waals surface area contributed by atoms with Crippen LogP contribution in [0, 0.1) is 0 Å². The lowest BCUT2D eigenvalue weighted by atomic mass is 9.98. The summed E-state index contributed by atoms with van der Waals surface area (Å²) in [7, 11) is -1.58. The first kappa shape index (κ1) is 33.0. The summed E-state index contributed by atoms with van der Waals surface area (Å²) in [6, 6.07) is 49.4. The molecule has 242 valence electrons. The van der Waals surface area contributed by atoms with E-state index in [-0.39, 0.29) is 6.61 Å². The molecule has 6 atom stereocenters. The number of hydrogen-bond donors (Lipinski definition) is 0. The van der Waals surface area contributed by atoms with Crippen LogP contribution in [0.2, 0.25) is 0 Å². The van der Waals surface area contributed by atoms with Crippen LogP contribution in [0.25, 0.3) is 0 Å². The molecule has 5 aromatic rings. The number of ether oxygens (including phenoxy) is 5. The van der Waals surface area contributed by atoms with E-state index in [1.807, 2.05) is 152 Å². The van der Waals surface area contributed by atoms with Crippen LogP contribution in [-0.4, -0.2) is 40.7 Å². The molecule has 1 heterocycles. The van der Waals surface area contributed by atoms with E-state index in [1.165, 1.54) is 0 Å². The van der Waals surface area contributed by atoms with E-state index in [0.717, 1.165) is 22.3 Å². The van der Waals surface area contributed by atoms with E-state index < -0.39 is 40.7 Å². The molecule has 47 heavy (non-hydrogen) atoms. The van der Waals surface area contributed by atoms with Crippen LogP contribution in [0.1, 0.15) is 22.3 Å². The monoisotopic (exact) mass is 648 g/mol. The molecule has 0 bridgehead atoms. The van der Waals surface area contributed by atoms with E-state index in [9.17, 15) is 4.21 Å². The van der Waals surface area contributed by atoms with Gasteiger partial charge in [-0.3, -0.25) is 4.21 Å². The zero-order chi connectivity index (χ0) is 32.1. The number of hydrogen-bond acceptors (Lipinski definition) is 6. The molecule has 1 aliphatic rings. The minimum absolute atomic E-state index is 0.216. The van der Waals surface area contributed by atoms with Crippen LogP contribution in [0.5, 0.6) is 0 Å². The highest BCUT2D eigenvalue weighted by Crippen LogP contribution is 2.34. The molecule has 1 saturated heterocycles. The molecular formula is C40H40O6S. The fourth-order valence-corrected chi connectivity index (χ4v) is 7.02. The highest BCUT2D eigenvalue weighted by Gasteiger charge is 2.50. The third-order valence-electron chi connectivity index (χ3n) is 8.03. The van der Waals surface area contributed by atoms with Gasteiger partial charge in [0.05, 0.1) is 43.8 Å². The highest BCUT2D eigenvalue weighted by atomic mass is 32.2. The van der Waals surface area contributed by atoms with Crippen molar-refractivity contribution < 1.29 is 27.9 Å². The maximum absolute atomic E-state index is 14.3. The molecule has 5 aromatic carbocycles. The third-order valence-corrected chi connectivity index (χ3v) is 9.57. The van der Waals surface area contributed by atoms with Crippen molar-refractivity contribution in [3.8, 4) is 0 Å². The smallest absolute Gasteiger partial charge is 0.166 e. The predicted molar refractivity (Wildman–Crippen MR) is 183 cm³/mol. The van der Waals surface area contributed by atoms with Gasteiger partial charge in [0, 0.05) is 4.90 Å². The first-order chi connectivity index (χ1) is 23.2. The van der Waals surface area contributed by atoms with Crippen molar-refractivity contribution in [2.45, 2.75) is 61.2 Å². The summed E-state index contributed by atoms with van der Waals surface area (Å²) in [4.78, 5) is 0.653. The molecule has 1 fully saturated rings. The largest absolute Gasteiger partial charge is 0.374 e. The minimum Gasteiger partial charge on any atom is -0.374 e. The molecule has 0 amide bonds. The Hall–Kier alpha value is -3.95. The quantitative estimate of drug-likeness (QED) is 0.117. The second-order valence-electron chi connectivity index (χ2n) is 11.4. The van der Waals surface area contributed by atoms with Crippen molar-refractivity contribution in [2.75, 3.05) is 6.61 Å². The Kier molecular flexibility index (Phi) is 12.1. The molecule has 1 aliphatic heterocycles. The summed E-state index contributed by atoms with van der Waals surface area (Å²) in [5.74, 6) is 0. The standard InChI is InChI=1S/C40H40O6S/c41-47(35-24-14-5-15-25-35)40-39(45-29-34-22-12-4-13-23-34)38(44-28-33-20-10-3-11-21-33)37(43-27-32-18-8-2-9-19-32)36(46-40)30-42-26-31-16-6-1-7-17-31/h1-25,36-40H,26-30H2/t36-,37+,38+,39-,40?,47?/m1/s1. The zero-order valence-electron chi connectivity index (χ0n) is 26.2. The Labute approximate surface area is 279 Å². The average Bonchev–Trinajstić information content (AvgIpc) is 3.14. The third kappa shape index (κ3) is 9.32. The molecule has 0 aromatic heterocycles. The molecule has 6 rings (SSSR count). The Bertz CT molecular complexity index is 1620. The van der Waals surface area contributed by atoms with E-state index in [1.54, 1.807) is 0 Å². The Morgan fingerprint density at radius 3 is 1.32 bits per heavy atom. The average molecular weight is 649 g/mol. The highest BCUT2D eigenvalue weighted by molar-refractivity contribution is 7.85. The maximum Gasteiger partial charge on any atom is 0.166 e. The molecule has 2 unspecified atom stereocenters. The normalized spacial score (nSPS) is 21.7. The van der Waals surface area contributed by atoms with Crippen LogP contribution in [0.4, 0.5) is 0 Å². The van der Waals surface area contributed by atoms with E-state index in [4.69, 9.17) is 23.7 Å². The lowest BCUT2D eigenvalue weighted by molar-refractivity contribution is -0.255. The fourth-order valence-electron chi connectivity index (χ4n) is 5.61. The van der Waals surface area contributed by atoms with Crippen LogP contribution in [0.3, 0.4) is 0 Å². The SMILES string of the molecule is O=S(c1ccccc1)C1O[C@H](COCc2ccccc2)[C@H](OCc2ccccc2)[C@H](OCc2ccccc2)[C@H]1OCc1ccccc1. The van der Waals surface area contributed by atoms with Gasteiger partial charge in [-0.15, -0.1) is 0 Å². The van der Waals surface area contributed by atoms with Gasteiger partial charge in [-0.2, -0.15) is 0 Å². The molecule has 0 aliphatic carbocycles. The fraction of sp³-hybridized carbons (Fsp3) is 0.250. The van der Waals surface area contributed by atoms with Crippen molar-refractivity contribution >= 4 is 10.8 Å². The Morgan fingerprint density at radius 1 is 0.468 bits per heavy atom. The van der Waals surface area contributed by atoms with Gasteiger partial charge in [0.15, 0.2) is 5.44 Å². The van der Waals surface area contributed by atoms with Crippen molar-refractivity contribution in [1.29, 1.82) is 0 Å². The molecule has 7 heteroatoms. The minimum atomic E-state index is -1.58. The zero-order valence-corrected chi connectivity index (χ0v) is 27.0. The van der Waals surface area contributed by atoms with Crippen LogP contribution in [0.15, 0.2) is 157 Å². The van der Waals surface area contributed by atoms with Gasteiger partial charge < -0.3 is 23.7 Å². The first-order valence-corrected chi connectivity index (χ1v) is 17.2. The van der Waals surface area contributed by atoms with Gasteiger partial charge in [0.1, 0.15) is 24.4 Å². The van der Waals surface area contributed by atoms with Gasteiger partial charge in [0.2, 0.25) is 0 Å². The summed E-state index contributed by atoms with van der Waals surface area (Å²) in [5, 5.41) is 0. The van der Waals surface area contributed by atoms with E-state index >= 15 is 0 Å². The molecule has 0 N–H and O–H groups in total. The van der Waals surface area contributed by atoms with Gasteiger partial charge in [-0.1, -0.05) is 140 Å². The molecule has 0 spiro atoms. The molecule has 6 nitrogen and oxygen atoms in total. The predicted octanol–water partition coefficient (Wildman–Crippen LogP) is 7.49. The second-order valence-corrected chi connectivity index (χ2v) is 13.0. The summed E-state index contributed by atoms with van der Waals surface area (Å²) in [6.45, 7) is 1.58. The number of benzene rings is 5. The molecule has 0 radical (unpaired) electrons. The van der Waals surface area contributed by atoms with Gasteiger partial charge in [-0.25, -0.2) is 0 Å².